The van der Waals surface area contributed by atoms with Crippen molar-refractivity contribution in [3.05, 3.63) is 53.1 Å². The van der Waals surface area contributed by atoms with Gasteiger partial charge in [-0.2, -0.15) is 0 Å². The molecule has 1 aliphatic heterocycles. The second-order valence-electron chi connectivity index (χ2n) is 6.55. The van der Waals surface area contributed by atoms with E-state index in [1.807, 2.05) is 43.4 Å². The molecule has 29 heavy (non-hydrogen) atoms. The molecule has 0 unspecified atom stereocenters. The van der Waals surface area contributed by atoms with Crippen LogP contribution in [0.15, 0.2) is 47.4 Å². The van der Waals surface area contributed by atoms with Gasteiger partial charge in [0.15, 0.2) is 6.10 Å². The molecule has 0 saturated carbocycles. The lowest BCUT2D eigenvalue weighted by atomic mass is 10.1. The fourth-order valence-electron chi connectivity index (χ4n) is 3.19. The Bertz CT molecular complexity index is 891. The third-order valence-electron chi connectivity index (χ3n) is 4.57. The van der Waals surface area contributed by atoms with Crippen LogP contribution in [0.5, 0.6) is 5.75 Å². The number of rotatable bonds is 6. The first-order valence-electron chi connectivity index (χ1n) is 9.18. The van der Waals surface area contributed by atoms with E-state index in [0.717, 1.165) is 16.1 Å². The fourth-order valence-corrected chi connectivity index (χ4v) is 4.78. The summed E-state index contributed by atoms with van der Waals surface area (Å²) in [6, 6.07) is 12.9. The lowest BCUT2D eigenvalue weighted by molar-refractivity contribution is -0.152. The molecule has 0 aliphatic carbocycles. The zero-order chi connectivity index (χ0) is 21.0. The molecule has 1 heterocycles. The number of carbonyl (C=O) groups excluding carboxylic acids is 2. The molecule has 6 nitrogen and oxygen atoms in total. The number of anilines is 1. The zero-order valence-electron chi connectivity index (χ0n) is 16.5. The van der Waals surface area contributed by atoms with Crippen LogP contribution in [-0.4, -0.2) is 45.2 Å². The van der Waals surface area contributed by atoms with E-state index < -0.39 is 17.3 Å². The summed E-state index contributed by atoms with van der Waals surface area (Å²) in [7, 11) is 3.42. The first-order chi connectivity index (χ1) is 13.9. The third kappa shape index (κ3) is 4.86. The number of nitrogens with one attached hydrogen (secondary N) is 1. The van der Waals surface area contributed by atoms with E-state index in [1.54, 1.807) is 18.1 Å². The molecule has 0 spiro atoms. The van der Waals surface area contributed by atoms with Gasteiger partial charge in [0.25, 0.3) is 5.91 Å². The van der Waals surface area contributed by atoms with Crippen LogP contribution >= 0.6 is 23.4 Å². The SMILES string of the molecule is CNCCN1C(=O)[C@@H](OC(C)=O)[C@@H](c2ccc(OC)cc2)Sc2cc(Cl)ccc21. The summed E-state index contributed by atoms with van der Waals surface area (Å²) in [5, 5.41) is 3.22. The number of likely N-dealkylation sites (N-methyl/N-ethyl adjacent to an activating group) is 1. The molecule has 0 radical (unpaired) electrons. The molecule has 8 heteroatoms. The molecule has 1 aliphatic rings. The van der Waals surface area contributed by atoms with Crippen molar-refractivity contribution in [2.75, 3.05) is 32.1 Å². The van der Waals surface area contributed by atoms with Gasteiger partial charge in [0.05, 0.1) is 18.0 Å². The normalized spacial score (nSPS) is 18.8. The monoisotopic (exact) mass is 434 g/mol. The summed E-state index contributed by atoms with van der Waals surface area (Å²) in [5.74, 6) is -0.0494. The van der Waals surface area contributed by atoms with Crippen molar-refractivity contribution in [2.24, 2.45) is 0 Å². The highest BCUT2D eigenvalue weighted by Crippen LogP contribution is 2.47. The van der Waals surface area contributed by atoms with Crippen LogP contribution in [0, 0.1) is 0 Å². The van der Waals surface area contributed by atoms with Gasteiger partial charge in [0.2, 0.25) is 0 Å². The van der Waals surface area contributed by atoms with Crippen molar-refractivity contribution in [2.45, 2.75) is 23.2 Å². The zero-order valence-corrected chi connectivity index (χ0v) is 18.0. The van der Waals surface area contributed by atoms with Crippen molar-refractivity contribution in [1.29, 1.82) is 0 Å². The first-order valence-corrected chi connectivity index (χ1v) is 10.4. The van der Waals surface area contributed by atoms with Gasteiger partial charge in [-0.15, -0.1) is 11.8 Å². The summed E-state index contributed by atoms with van der Waals surface area (Å²) in [5.41, 5.74) is 1.62. The van der Waals surface area contributed by atoms with Crippen molar-refractivity contribution in [1.82, 2.24) is 5.32 Å². The van der Waals surface area contributed by atoms with E-state index >= 15 is 0 Å². The number of nitrogens with zero attached hydrogens (tertiary/aromatic N) is 1. The maximum atomic E-state index is 13.5. The van der Waals surface area contributed by atoms with Crippen LogP contribution in [0.3, 0.4) is 0 Å². The Morgan fingerprint density at radius 3 is 2.59 bits per heavy atom. The summed E-state index contributed by atoms with van der Waals surface area (Å²) in [6.45, 7) is 2.35. The highest BCUT2D eigenvalue weighted by Gasteiger charge is 2.40. The molecular formula is C21H23ClN2O4S. The van der Waals surface area contributed by atoms with E-state index in [2.05, 4.69) is 5.32 Å². The Morgan fingerprint density at radius 1 is 1.24 bits per heavy atom. The lowest BCUT2D eigenvalue weighted by Crippen LogP contribution is -2.45. The number of ether oxygens (including phenoxy) is 2. The Kier molecular flexibility index (Phi) is 7.05. The maximum Gasteiger partial charge on any atom is 0.303 e. The van der Waals surface area contributed by atoms with Crippen LogP contribution in [0.4, 0.5) is 5.69 Å². The van der Waals surface area contributed by atoms with E-state index in [0.29, 0.717) is 23.9 Å². The highest BCUT2D eigenvalue weighted by atomic mass is 35.5. The van der Waals surface area contributed by atoms with E-state index in [1.165, 1.54) is 18.7 Å². The quantitative estimate of drug-likeness (QED) is 0.699. The van der Waals surface area contributed by atoms with Gasteiger partial charge < -0.3 is 19.7 Å². The second kappa shape index (κ2) is 9.52. The third-order valence-corrected chi connectivity index (χ3v) is 6.16. The van der Waals surface area contributed by atoms with Crippen LogP contribution in [0.25, 0.3) is 0 Å². The standard InChI is InChI=1S/C21H23ClN2O4S/c1-13(25)28-19-20(14-4-7-16(27-3)8-5-14)29-18-12-15(22)6-9-17(18)24(21(19)26)11-10-23-2/h4-9,12,19-20,23H,10-11H2,1-3H3/t19-,20+/m0/s1. The Balaban J connectivity index is 2.10. The number of benzene rings is 2. The number of methoxy groups -OCH3 is 1. The van der Waals surface area contributed by atoms with Crippen molar-refractivity contribution in [3.63, 3.8) is 0 Å². The lowest BCUT2D eigenvalue weighted by Gasteiger charge is -2.27. The molecule has 0 saturated heterocycles. The number of fused-ring (bicyclic) bond motifs is 1. The number of esters is 1. The molecule has 1 amide bonds. The Hall–Kier alpha value is -2.22. The van der Waals surface area contributed by atoms with Gasteiger partial charge in [-0.1, -0.05) is 23.7 Å². The van der Waals surface area contributed by atoms with Gasteiger partial charge in [-0.25, -0.2) is 0 Å². The molecule has 154 valence electrons. The van der Waals surface area contributed by atoms with Crippen LogP contribution < -0.4 is 15.0 Å². The first kappa shape index (κ1) is 21.5. The number of carbonyl (C=O) groups is 2. The topological polar surface area (TPSA) is 67.9 Å². The Morgan fingerprint density at radius 2 is 1.97 bits per heavy atom. The van der Waals surface area contributed by atoms with E-state index in [4.69, 9.17) is 21.1 Å². The summed E-state index contributed by atoms with van der Waals surface area (Å²) < 4.78 is 10.8. The van der Waals surface area contributed by atoms with Crippen LogP contribution in [-0.2, 0) is 14.3 Å². The van der Waals surface area contributed by atoms with Gasteiger partial charge in [0, 0.05) is 29.9 Å². The summed E-state index contributed by atoms with van der Waals surface area (Å²) in [6.07, 6.45) is -0.964. The second-order valence-corrected chi connectivity index (χ2v) is 8.17. The molecule has 3 rings (SSSR count). The van der Waals surface area contributed by atoms with Crippen molar-refractivity contribution in [3.8, 4) is 5.75 Å². The van der Waals surface area contributed by atoms with Crippen molar-refractivity contribution < 1.29 is 19.1 Å². The molecule has 1 N–H and O–H groups in total. The Labute approximate surface area is 179 Å². The number of halogens is 1. The average Bonchev–Trinajstić information content (AvgIpc) is 2.81. The molecule has 2 aromatic carbocycles. The number of thioether (sulfide) groups is 1. The molecular weight excluding hydrogens is 412 g/mol. The smallest absolute Gasteiger partial charge is 0.303 e. The van der Waals surface area contributed by atoms with E-state index in [-0.39, 0.29) is 5.91 Å². The predicted molar refractivity (Wildman–Crippen MR) is 115 cm³/mol. The van der Waals surface area contributed by atoms with Gasteiger partial charge >= 0.3 is 5.97 Å². The highest BCUT2D eigenvalue weighted by molar-refractivity contribution is 7.99. The number of amides is 1. The van der Waals surface area contributed by atoms with Crippen LogP contribution in [0.2, 0.25) is 5.02 Å². The van der Waals surface area contributed by atoms with Crippen molar-refractivity contribution >= 4 is 40.9 Å². The maximum absolute atomic E-state index is 13.5. The largest absolute Gasteiger partial charge is 0.497 e. The molecule has 0 aromatic heterocycles. The van der Waals surface area contributed by atoms with Gasteiger partial charge in [-0.3, -0.25) is 9.59 Å². The predicted octanol–water partition coefficient (Wildman–Crippen LogP) is 3.68. The fraction of sp³-hybridized carbons (Fsp3) is 0.333. The molecule has 0 fully saturated rings. The van der Waals surface area contributed by atoms with E-state index in [9.17, 15) is 9.59 Å². The average molecular weight is 435 g/mol. The summed E-state index contributed by atoms with van der Waals surface area (Å²) >= 11 is 7.71. The van der Waals surface area contributed by atoms with Crippen LogP contribution in [0.1, 0.15) is 17.7 Å². The molecule has 0 bridgehead atoms. The minimum atomic E-state index is -0.964. The van der Waals surface area contributed by atoms with Gasteiger partial charge in [0.1, 0.15) is 5.75 Å². The molecule has 2 aromatic rings. The minimum Gasteiger partial charge on any atom is -0.497 e. The number of hydrogen-bond acceptors (Lipinski definition) is 6. The minimum absolute atomic E-state index is 0.259. The summed E-state index contributed by atoms with van der Waals surface area (Å²) in [4.78, 5) is 27.8. The van der Waals surface area contributed by atoms with Gasteiger partial charge in [-0.05, 0) is 42.9 Å². The molecule has 2 atom stereocenters. The number of hydrogen-bond donors (Lipinski definition) is 1.